The molecule has 0 fully saturated rings. The first-order valence-electron chi connectivity index (χ1n) is 5.85. The normalized spacial score (nSPS) is 11.8. The smallest absolute Gasteiger partial charge is 0.126 e. The van der Waals surface area contributed by atoms with E-state index in [1.54, 1.807) is 24.3 Å². The summed E-state index contributed by atoms with van der Waals surface area (Å²) in [5.74, 6) is -0.176. The third-order valence-electron chi connectivity index (χ3n) is 3.12. The van der Waals surface area contributed by atoms with Crippen LogP contribution in [0.4, 0.5) is 4.39 Å². The Labute approximate surface area is 111 Å². The Kier molecular flexibility index (Phi) is 3.50. The Morgan fingerprint density at radius 3 is 2.67 bits per heavy atom. The van der Waals surface area contributed by atoms with Gasteiger partial charge in [0, 0.05) is 10.9 Å². The van der Waals surface area contributed by atoms with Crippen LogP contribution in [0, 0.1) is 12.7 Å². The van der Waals surface area contributed by atoms with Gasteiger partial charge in [-0.25, -0.2) is 9.37 Å². The first-order valence-corrected chi connectivity index (χ1v) is 6.73. The van der Waals surface area contributed by atoms with Gasteiger partial charge in [-0.2, -0.15) is 0 Å². The van der Waals surface area contributed by atoms with Crippen molar-refractivity contribution in [2.45, 2.75) is 26.3 Å². The van der Waals surface area contributed by atoms with Gasteiger partial charge in [0.15, 0.2) is 0 Å². The van der Waals surface area contributed by atoms with Gasteiger partial charge in [-0.1, -0.05) is 0 Å². The lowest BCUT2D eigenvalue weighted by molar-refractivity contribution is 0.442. The Hall–Kier alpha value is -1.26. The molecule has 96 valence electrons. The zero-order valence-corrected chi connectivity index (χ0v) is 11.9. The van der Waals surface area contributed by atoms with E-state index in [2.05, 4.69) is 24.1 Å². The summed E-state index contributed by atoms with van der Waals surface area (Å²) in [5.41, 5.74) is 2.37. The second-order valence-corrected chi connectivity index (χ2v) is 5.73. The second-order valence-electron chi connectivity index (χ2n) is 4.88. The van der Waals surface area contributed by atoms with Gasteiger partial charge in [-0.05, 0) is 51.6 Å². The number of thiazole rings is 1. The van der Waals surface area contributed by atoms with Crippen LogP contribution in [-0.4, -0.2) is 12.0 Å². The molecule has 2 nitrogen and oxygen atoms in total. The lowest BCUT2D eigenvalue weighted by Gasteiger charge is -2.20. The lowest BCUT2D eigenvalue weighted by Crippen LogP contribution is -2.32. The number of hydrogen-bond acceptors (Lipinski definition) is 3. The third kappa shape index (κ3) is 2.44. The van der Waals surface area contributed by atoms with Crippen LogP contribution in [0.25, 0.3) is 11.3 Å². The van der Waals surface area contributed by atoms with E-state index in [0.29, 0.717) is 5.56 Å². The fourth-order valence-electron chi connectivity index (χ4n) is 1.60. The molecular formula is C14H17FN2S. The number of aryl methyl sites for hydroxylation is 1. The summed E-state index contributed by atoms with van der Waals surface area (Å²) in [5, 5.41) is 6.28. The Bertz CT molecular complexity index is 561. The van der Waals surface area contributed by atoms with Crippen molar-refractivity contribution in [1.29, 1.82) is 0 Å². The molecule has 0 unspecified atom stereocenters. The van der Waals surface area contributed by atoms with Gasteiger partial charge in [-0.15, -0.1) is 11.3 Å². The van der Waals surface area contributed by atoms with Crippen LogP contribution in [-0.2, 0) is 5.54 Å². The minimum Gasteiger partial charge on any atom is -0.309 e. The van der Waals surface area contributed by atoms with Gasteiger partial charge in [0.1, 0.15) is 10.8 Å². The van der Waals surface area contributed by atoms with Crippen molar-refractivity contribution in [2.75, 3.05) is 7.05 Å². The van der Waals surface area contributed by atoms with Crippen LogP contribution in [0.2, 0.25) is 0 Å². The maximum atomic E-state index is 13.2. The zero-order valence-electron chi connectivity index (χ0n) is 11.0. The summed E-state index contributed by atoms with van der Waals surface area (Å²) in [4.78, 5) is 4.63. The van der Waals surface area contributed by atoms with Gasteiger partial charge in [0.05, 0.1) is 11.2 Å². The molecule has 18 heavy (non-hydrogen) atoms. The molecule has 0 saturated heterocycles. The van der Waals surface area contributed by atoms with Crippen molar-refractivity contribution in [3.63, 3.8) is 0 Å². The molecule has 0 radical (unpaired) electrons. The molecule has 1 N–H and O–H groups in total. The molecular weight excluding hydrogens is 247 g/mol. The van der Waals surface area contributed by atoms with Crippen molar-refractivity contribution in [3.8, 4) is 11.3 Å². The molecule has 0 saturated carbocycles. The highest BCUT2D eigenvalue weighted by atomic mass is 32.1. The topological polar surface area (TPSA) is 24.9 Å². The van der Waals surface area contributed by atoms with Crippen LogP contribution in [0.3, 0.4) is 0 Å². The van der Waals surface area contributed by atoms with Crippen LogP contribution < -0.4 is 5.32 Å². The zero-order chi connectivity index (χ0) is 13.3. The predicted molar refractivity (Wildman–Crippen MR) is 74.3 cm³/mol. The van der Waals surface area contributed by atoms with Crippen LogP contribution in [0.1, 0.15) is 24.4 Å². The SMILES string of the molecule is CNC(C)(C)c1nc(-c2ccc(F)c(C)c2)cs1. The van der Waals surface area contributed by atoms with Crippen molar-refractivity contribution in [1.82, 2.24) is 10.3 Å². The fraction of sp³-hybridized carbons (Fsp3) is 0.357. The van der Waals surface area contributed by atoms with Gasteiger partial charge >= 0.3 is 0 Å². The molecule has 0 bridgehead atoms. The number of hydrogen-bond donors (Lipinski definition) is 1. The standard InChI is InChI=1S/C14H17FN2S/c1-9-7-10(5-6-11(9)15)12-8-18-13(17-12)14(2,3)16-4/h5-8,16H,1-4H3. The van der Waals surface area contributed by atoms with Crippen LogP contribution in [0.15, 0.2) is 23.6 Å². The highest BCUT2D eigenvalue weighted by Gasteiger charge is 2.22. The quantitative estimate of drug-likeness (QED) is 0.914. The molecule has 0 aliphatic rings. The maximum absolute atomic E-state index is 13.2. The molecule has 0 aliphatic carbocycles. The van der Waals surface area contributed by atoms with E-state index in [1.807, 2.05) is 18.5 Å². The second kappa shape index (κ2) is 4.78. The number of nitrogens with zero attached hydrogens (tertiary/aromatic N) is 1. The van der Waals surface area contributed by atoms with Gasteiger partial charge < -0.3 is 5.32 Å². The van der Waals surface area contributed by atoms with Gasteiger partial charge in [-0.3, -0.25) is 0 Å². The van der Waals surface area contributed by atoms with E-state index < -0.39 is 0 Å². The fourth-order valence-corrected chi connectivity index (χ4v) is 2.56. The molecule has 4 heteroatoms. The third-order valence-corrected chi connectivity index (χ3v) is 4.28. The maximum Gasteiger partial charge on any atom is 0.126 e. The monoisotopic (exact) mass is 264 g/mol. The molecule has 1 aromatic heterocycles. The van der Waals surface area contributed by atoms with E-state index >= 15 is 0 Å². The minimum atomic E-state index is -0.176. The molecule has 2 rings (SSSR count). The largest absolute Gasteiger partial charge is 0.309 e. The summed E-state index contributed by atoms with van der Waals surface area (Å²) in [6.45, 7) is 5.95. The van der Waals surface area contributed by atoms with E-state index in [4.69, 9.17) is 0 Å². The number of halogens is 1. The van der Waals surface area contributed by atoms with Gasteiger partial charge in [0.25, 0.3) is 0 Å². The Balaban J connectivity index is 2.38. The van der Waals surface area contributed by atoms with Crippen LogP contribution in [0.5, 0.6) is 0 Å². The van der Waals surface area contributed by atoms with E-state index in [1.165, 1.54) is 6.07 Å². The predicted octanol–water partition coefficient (Wildman–Crippen LogP) is 3.71. The lowest BCUT2D eigenvalue weighted by atomic mass is 10.1. The number of benzene rings is 1. The average Bonchev–Trinajstić information content (AvgIpc) is 2.83. The summed E-state index contributed by atoms with van der Waals surface area (Å²) < 4.78 is 13.2. The molecule has 1 heterocycles. The summed E-state index contributed by atoms with van der Waals surface area (Å²) in [6.07, 6.45) is 0. The Morgan fingerprint density at radius 1 is 1.33 bits per heavy atom. The number of rotatable bonds is 3. The molecule has 0 spiro atoms. The molecule has 0 atom stereocenters. The first-order chi connectivity index (χ1) is 8.44. The highest BCUT2D eigenvalue weighted by Crippen LogP contribution is 2.29. The van der Waals surface area contributed by atoms with Crippen LogP contribution >= 0.6 is 11.3 Å². The van der Waals surface area contributed by atoms with Crippen molar-refractivity contribution in [3.05, 3.63) is 40.0 Å². The summed E-state index contributed by atoms with van der Waals surface area (Å²) in [6, 6.07) is 5.10. The summed E-state index contributed by atoms with van der Waals surface area (Å²) in [7, 11) is 1.92. The van der Waals surface area contributed by atoms with E-state index in [-0.39, 0.29) is 11.4 Å². The molecule has 2 aromatic rings. The van der Waals surface area contributed by atoms with Crippen molar-refractivity contribution in [2.24, 2.45) is 0 Å². The molecule has 0 aliphatic heterocycles. The van der Waals surface area contributed by atoms with Crippen molar-refractivity contribution < 1.29 is 4.39 Å². The molecule has 0 amide bonds. The van der Waals surface area contributed by atoms with Gasteiger partial charge in [0.2, 0.25) is 0 Å². The Morgan fingerprint density at radius 2 is 2.06 bits per heavy atom. The number of aromatic nitrogens is 1. The van der Waals surface area contributed by atoms with E-state index in [0.717, 1.165) is 16.3 Å². The van der Waals surface area contributed by atoms with E-state index in [9.17, 15) is 4.39 Å². The summed E-state index contributed by atoms with van der Waals surface area (Å²) >= 11 is 1.62. The number of nitrogens with one attached hydrogen (secondary N) is 1. The van der Waals surface area contributed by atoms with Crippen molar-refractivity contribution >= 4 is 11.3 Å². The minimum absolute atomic E-state index is 0.141. The molecule has 1 aromatic carbocycles. The average molecular weight is 264 g/mol. The highest BCUT2D eigenvalue weighted by molar-refractivity contribution is 7.10. The first kappa shape index (κ1) is 13.2.